The van der Waals surface area contributed by atoms with Gasteiger partial charge in [-0.1, -0.05) is 48.9 Å². The zero-order chi connectivity index (χ0) is 14.8. The summed E-state index contributed by atoms with van der Waals surface area (Å²) in [5.74, 6) is 1.35. The molecule has 3 aromatic rings. The van der Waals surface area contributed by atoms with E-state index in [2.05, 4.69) is 16.0 Å². The van der Waals surface area contributed by atoms with Crippen LogP contribution < -0.4 is 4.74 Å². The molecule has 0 spiro atoms. The number of hydrogen-bond donors (Lipinski definition) is 0. The highest BCUT2D eigenvalue weighted by atomic mass is 35.5. The first-order chi connectivity index (χ1) is 10.2. The fourth-order valence-electron chi connectivity index (χ4n) is 2.41. The summed E-state index contributed by atoms with van der Waals surface area (Å²) in [6.45, 7) is 2.04. The molecule has 0 amide bonds. The van der Waals surface area contributed by atoms with Crippen molar-refractivity contribution in [2.75, 3.05) is 7.11 Å². The molecule has 4 heteroatoms. The molecule has 0 aliphatic rings. The van der Waals surface area contributed by atoms with E-state index in [9.17, 15) is 0 Å². The maximum Gasteiger partial charge on any atom is 0.165 e. The van der Waals surface area contributed by atoms with E-state index in [-0.39, 0.29) is 0 Å². The number of ether oxygens (including phenoxy) is 1. The van der Waals surface area contributed by atoms with Crippen LogP contribution in [0, 0.1) is 0 Å². The van der Waals surface area contributed by atoms with E-state index < -0.39 is 0 Å². The Morgan fingerprint density at radius 3 is 2.67 bits per heavy atom. The molecule has 0 saturated carbocycles. The van der Waals surface area contributed by atoms with Gasteiger partial charge >= 0.3 is 0 Å². The van der Waals surface area contributed by atoms with E-state index in [1.807, 2.05) is 37.3 Å². The molecular formula is C17H15ClN2O. The van der Waals surface area contributed by atoms with Crippen LogP contribution in [0.4, 0.5) is 0 Å². The number of nitrogens with zero attached hydrogens (tertiary/aromatic N) is 2. The van der Waals surface area contributed by atoms with Gasteiger partial charge in [-0.15, -0.1) is 0 Å². The van der Waals surface area contributed by atoms with E-state index in [1.165, 1.54) is 0 Å². The van der Waals surface area contributed by atoms with Crippen LogP contribution in [0.2, 0.25) is 5.15 Å². The SMILES string of the molecule is CCc1cc(Cl)nc(-c2c(OC)ccc3ccccc23)n1. The lowest BCUT2D eigenvalue weighted by molar-refractivity contribution is 0.416. The first-order valence-corrected chi connectivity index (χ1v) is 7.20. The molecule has 0 radical (unpaired) electrons. The third-order valence-electron chi connectivity index (χ3n) is 3.44. The second-order valence-corrected chi connectivity index (χ2v) is 5.11. The van der Waals surface area contributed by atoms with E-state index in [0.29, 0.717) is 11.0 Å². The smallest absolute Gasteiger partial charge is 0.165 e. The molecule has 0 atom stereocenters. The summed E-state index contributed by atoms with van der Waals surface area (Å²) in [5.41, 5.74) is 1.80. The summed E-state index contributed by atoms with van der Waals surface area (Å²) in [6.07, 6.45) is 0.808. The molecule has 2 aromatic carbocycles. The van der Waals surface area contributed by atoms with E-state index in [1.54, 1.807) is 13.2 Å². The molecule has 1 heterocycles. The lowest BCUT2D eigenvalue weighted by Crippen LogP contribution is -1.98. The number of halogens is 1. The Kier molecular flexibility index (Phi) is 3.76. The Bertz CT molecular complexity index is 802. The standard InChI is InChI=1S/C17H15ClN2O/c1-3-12-10-15(18)20-17(19-12)16-13-7-5-4-6-11(13)8-9-14(16)21-2/h4-10H,3H2,1-2H3. The molecule has 0 fully saturated rings. The van der Waals surface area contributed by atoms with Gasteiger partial charge < -0.3 is 4.74 Å². The largest absolute Gasteiger partial charge is 0.496 e. The number of benzene rings is 2. The van der Waals surface area contributed by atoms with Crippen LogP contribution in [0.5, 0.6) is 5.75 Å². The van der Waals surface area contributed by atoms with Gasteiger partial charge in [-0.2, -0.15) is 0 Å². The molecule has 106 valence electrons. The minimum Gasteiger partial charge on any atom is -0.496 e. The van der Waals surface area contributed by atoms with Crippen molar-refractivity contribution in [1.82, 2.24) is 9.97 Å². The number of aryl methyl sites for hydroxylation is 1. The van der Waals surface area contributed by atoms with E-state index >= 15 is 0 Å². The molecule has 0 bridgehead atoms. The topological polar surface area (TPSA) is 35.0 Å². The molecule has 0 aliphatic heterocycles. The van der Waals surface area contributed by atoms with Crippen molar-refractivity contribution in [3.63, 3.8) is 0 Å². The number of rotatable bonds is 3. The highest BCUT2D eigenvalue weighted by molar-refractivity contribution is 6.29. The highest BCUT2D eigenvalue weighted by Gasteiger charge is 2.14. The summed E-state index contributed by atoms with van der Waals surface area (Å²) >= 11 is 6.13. The highest BCUT2D eigenvalue weighted by Crippen LogP contribution is 2.35. The normalized spacial score (nSPS) is 10.8. The van der Waals surface area contributed by atoms with Crippen molar-refractivity contribution < 1.29 is 4.74 Å². The first kappa shape index (κ1) is 13.8. The minimum absolute atomic E-state index is 0.451. The van der Waals surface area contributed by atoms with Crippen molar-refractivity contribution in [2.24, 2.45) is 0 Å². The fraction of sp³-hybridized carbons (Fsp3) is 0.176. The third kappa shape index (κ3) is 2.57. The van der Waals surface area contributed by atoms with Crippen molar-refractivity contribution in [3.8, 4) is 17.1 Å². The van der Waals surface area contributed by atoms with Crippen molar-refractivity contribution in [3.05, 3.63) is 53.3 Å². The Hall–Kier alpha value is -2.13. The average molecular weight is 299 g/mol. The van der Waals surface area contributed by atoms with Gasteiger partial charge in [0.2, 0.25) is 0 Å². The summed E-state index contributed by atoms with van der Waals surface area (Å²) in [7, 11) is 1.65. The lowest BCUT2D eigenvalue weighted by atomic mass is 10.0. The molecule has 0 unspecified atom stereocenters. The minimum atomic E-state index is 0.451. The van der Waals surface area contributed by atoms with E-state index in [4.69, 9.17) is 16.3 Å². The maximum absolute atomic E-state index is 6.13. The van der Waals surface area contributed by atoms with Gasteiger partial charge in [0.25, 0.3) is 0 Å². The zero-order valence-electron chi connectivity index (χ0n) is 11.9. The zero-order valence-corrected chi connectivity index (χ0v) is 12.7. The van der Waals surface area contributed by atoms with Crippen LogP contribution in [0.25, 0.3) is 22.2 Å². The summed E-state index contributed by atoms with van der Waals surface area (Å²) in [6, 6.07) is 13.9. The molecule has 0 aliphatic carbocycles. The van der Waals surface area contributed by atoms with Gasteiger partial charge in [0.05, 0.1) is 12.7 Å². The Morgan fingerprint density at radius 1 is 1.10 bits per heavy atom. The summed E-state index contributed by atoms with van der Waals surface area (Å²) in [5, 5.41) is 2.63. The predicted molar refractivity (Wildman–Crippen MR) is 85.9 cm³/mol. The van der Waals surface area contributed by atoms with Crippen molar-refractivity contribution >= 4 is 22.4 Å². The van der Waals surface area contributed by atoms with Crippen LogP contribution in [-0.2, 0) is 6.42 Å². The Morgan fingerprint density at radius 2 is 1.90 bits per heavy atom. The van der Waals surface area contributed by atoms with Crippen LogP contribution in [0.3, 0.4) is 0 Å². The Balaban J connectivity index is 2.35. The molecule has 1 aromatic heterocycles. The second kappa shape index (κ2) is 5.70. The van der Waals surface area contributed by atoms with Crippen LogP contribution in [-0.4, -0.2) is 17.1 Å². The number of fused-ring (bicyclic) bond motifs is 1. The van der Waals surface area contributed by atoms with Gasteiger partial charge in [0.15, 0.2) is 5.82 Å². The fourth-order valence-corrected chi connectivity index (χ4v) is 2.62. The molecule has 3 nitrogen and oxygen atoms in total. The van der Waals surface area contributed by atoms with Gasteiger partial charge in [0.1, 0.15) is 10.9 Å². The predicted octanol–water partition coefficient (Wildman–Crippen LogP) is 4.52. The molecule has 21 heavy (non-hydrogen) atoms. The molecule has 3 rings (SSSR count). The lowest BCUT2D eigenvalue weighted by Gasteiger charge is -2.12. The van der Waals surface area contributed by atoms with Gasteiger partial charge in [-0.25, -0.2) is 9.97 Å². The average Bonchev–Trinajstić information content (AvgIpc) is 2.53. The maximum atomic E-state index is 6.13. The van der Waals surface area contributed by atoms with Gasteiger partial charge in [-0.05, 0) is 29.3 Å². The molecular weight excluding hydrogens is 284 g/mol. The van der Waals surface area contributed by atoms with Crippen LogP contribution >= 0.6 is 11.6 Å². The monoisotopic (exact) mass is 298 g/mol. The third-order valence-corrected chi connectivity index (χ3v) is 3.64. The quantitative estimate of drug-likeness (QED) is 0.667. The molecule has 0 N–H and O–H groups in total. The molecule has 0 saturated heterocycles. The number of aromatic nitrogens is 2. The van der Waals surface area contributed by atoms with Gasteiger partial charge in [0, 0.05) is 5.69 Å². The van der Waals surface area contributed by atoms with Crippen molar-refractivity contribution in [2.45, 2.75) is 13.3 Å². The summed E-state index contributed by atoms with van der Waals surface area (Å²) < 4.78 is 5.50. The van der Waals surface area contributed by atoms with Crippen LogP contribution in [0.1, 0.15) is 12.6 Å². The van der Waals surface area contributed by atoms with Crippen molar-refractivity contribution in [1.29, 1.82) is 0 Å². The van der Waals surface area contributed by atoms with Gasteiger partial charge in [-0.3, -0.25) is 0 Å². The number of hydrogen-bond acceptors (Lipinski definition) is 3. The second-order valence-electron chi connectivity index (χ2n) is 4.72. The number of methoxy groups -OCH3 is 1. The Labute approximate surface area is 128 Å². The first-order valence-electron chi connectivity index (χ1n) is 6.82. The van der Waals surface area contributed by atoms with Crippen LogP contribution in [0.15, 0.2) is 42.5 Å². The summed E-state index contributed by atoms with van der Waals surface area (Å²) in [4.78, 5) is 8.99. The van der Waals surface area contributed by atoms with E-state index in [0.717, 1.165) is 34.2 Å².